The molecule has 4 rings (SSSR count). The highest BCUT2D eigenvalue weighted by Gasteiger charge is 2.38. The maximum absolute atomic E-state index is 14.1. The van der Waals surface area contributed by atoms with Crippen LogP contribution < -0.4 is 5.32 Å². The van der Waals surface area contributed by atoms with Crippen molar-refractivity contribution in [2.24, 2.45) is 0 Å². The molecular weight excluding hydrogens is 487 g/mol. The van der Waals surface area contributed by atoms with Crippen molar-refractivity contribution in [2.45, 2.75) is 32.7 Å². The van der Waals surface area contributed by atoms with E-state index in [9.17, 15) is 18.8 Å². The molecule has 202 valence electrons. The summed E-state index contributed by atoms with van der Waals surface area (Å²) in [4.78, 5) is 44.2. The Bertz CT molecular complexity index is 1220. The summed E-state index contributed by atoms with van der Waals surface area (Å²) < 4.78 is 19.6. The number of hydrogen-bond donors (Lipinski definition) is 1. The molecule has 1 atom stereocenters. The van der Waals surface area contributed by atoms with Crippen LogP contribution in [0.15, 0.2) is 59.8 Å². The molecule has 8 nitrogen and oxygen atoms in total. The monoisotopic (exact) mass is 522 g/mol. The number of carbonyl (C=O) groups is 3. The number of amides is 3. The van der Waals surface area contributed by atoms with Gasteiger partial charge in [-0.25, -0.2) is 14.0 Å². The van der Waals surface area contributed by atoms with Crippen molar-refractivity contribution in [1.29, 1.82) is 0 Å². The highest BCUT2D eigenvalue weighted by atomic mass is 19.1. The summed E-state index contributed by atoms with van der Waals surface area (Å²) in [6, 6.07) is 12.9. The summed E-state index contributed by atoms with van der Waals surface area (Å²) in [7, 11) is 1.64. The number of hydrogen-bond acceptors (Lipinski definition) is 5. The lowest BCUT2D eigenvalue weighted by Gasteiger charge is -2.39. The topological polar surface area (TPSA) is 82.2 Å². The molecule has 2 aromatic carbocycles. The summed E-state index contributed by atoms with van der Waals surface area (Å²) in [5, 5.41) is 2.95. The van der Waals surface area contributed by atoms with Crippen LogP contribution in [0.3, 0.4) is 0 Å². The SMILES string of the molecule is CCOC(=O)C1=C(CN2CCN(C(=O)c3ccccc3F)CC2)N(C)C(=O)N[C@H]1c1ccc(C(C)C)cc1. The van der Waals surface area contributed by atoms with Crippen molar-refractivity contribution in [3.63, 3.8) is 0 Å². The van der Waals surface area contributed by atoms with Gasteiger partial charge >= 0.3 is 12.0 Å². The fourth-order valence-electron chi connectivity index (χ4n) is 4.85. The molecule has 3 amide bonds. The number of likely N-dealkylation sites (N-methyl/N-ethyl adjacent to an activating group) is 1. The van der Waals surface area contributed by atoms with Crippen LogP contribution in [0, 0.1) is 5.82 Å². The number of benzene rings is 2. The average Bonchev–Trinajstić information content (AvgIpc) is 2.91. The van der Waals surface area contributed by atoms with Crippen molar-refractivity contribution < 1.29 is 23.5 Å². The van der Waals surface area contributed by atoms with Gasteiger partial charge in [0.15, 0.2) is 0 Å². The molecule has 0 unspecified atom stereocenters. The van der Waals surface area contributed by atoms with Gasteiger partial charge in [0, 0.05) is 45.5 Å². The van der Waals surface area contributed by atoms with Gasteiger partial charge in [0.25, 0.3) is 5.91 Å². The number of nitrogens with one attached hydrogen (secondary N) is 1. The number of carbonyl (C=O) groups excluding carboxylic acids is 3. The molecule has 0 spiro atoms. The van der Waals surface area contributed by atoms with Crippen LogP contribution in [0.1, 0.15) is 54.2 Å². The van der Waals surface area contributed by atoms with Gasteiger partial charge in [-0.05, 0) is 36.1 Å². The molecule has 0 bridgehead atoms. The number of urea groups is 1. The summed E-state index contributed by atoms with van der Waals surface area (Å²) in [5.74, 6) is -0.990. The van der Waals surface area contributed by atoms with Crippen LogP contribution in [0.25, 0.3) is 0 Å². The maximum atomic E-state index is 14.1. The molecule has 1 fully saturated rings. The Morgan fingerprint density at radius 2 is 1.71 bits per heavy atom. The zero-order valence-corrected chi connectivity index (χ0v) is 22.4. The molecule has 2 heterocycles. The zero-order valence-electron chi connectivity index (χ0n) is 22.4. The molecule has 2 aromatic rings. The average molecular weight is 523 g/mol. The van der Waals surface area contributed by atoms with Crippen LogP contribution in [-0.4, -0.2) is 79.0 Å². The molecule has 38 heavy (non-hydrogen) atoms. The van der Waals surface area contributed by atoms with E-state index in [1.165, 1.54) is 17.0 Å². The van der Waals surface area contributed by atoms with E-state index in [2.05, 4.69) is 24.1 Å². The summed E-state index contributed by atoms with van der Waals surface area (Å²) in [6.45, 7) is 8.36. The molecule has 0 radical (unpaired) electrons. The number of esters is 1. The maximum Gasteiger partial charge on any atom is 0.338 e. The van der Waals surface area contributed by atoms with E-state index in [0.29, 0.717) is 49.9 Å². The third kappa shape index (κ3) is 5.72. The molecule has 2 aliphatic rings. The molecular formula is C29H35FN4O4. The van der Waals surface area contributed by atoms with E-state index in [4.69, 9.17) is 4.74 Å². The molecule has 0 aromatic heterocycles. The van der Waals surface area contributed by atoms with Crippen molar-refractivity contribution in [3.8, 4) is 0 Å². The van der Waals surface area contributed by atoms with E-state index in [-0.39, 0.29) is 24.1 Å². The molecule has 2 aliphatic heterocycles. The summed E-state index contributed by atoms with van der Waals surface area (Å²) >= 11 is 0. The molecule has 0 saturated carbocycles. The minimum atomic E-state index is -0.641. The fourth-order valence-corrected chi connectivity index (χ4v) is 4.85. The third-order valence-corrected chi connectivity index (χ3v) is 7.15. The minimum Gasteiger partial charge on any atom is -0.463 e. The van der Waals surface area contributed by atoms with Crippen LogP contribution in [0.2, 0.25) is 0 Å². The fraction of sp³-hybridized carbons (Fsp3) is 0.414. The van der Waals surface area contributed by atoms with E-state index in [1.807, 2.05) is 24.3 Å². The summed E-state index contributed by atoms with van der Waals surface area (Å²) in [5.41, 5.74) is 2.99. The second-order valence-corrected chi connectivity index (χ2v) is 9.89. The van der Waals surface area contributed by atoms with Gasteiger partial charge in [0.2, 0.25) is 0 Å². The first-order valence-corrected chi connectivity index (χ1v) is 13.0. The standard InChI is InChI=1S/C29H35FN4O4/c1-5-38-28(36)25-24(32(4)29(37)31-26(25)21-12-10-20(11-13-21)19(2)3)18-33-14-16-34(17-15-33)27(35)22-8-6-7-9-23(22)30/h6-13,19,26H,5,14-18H2,1-4H3,(H,31,37)/t26-/m0/s1. The second kappa shape index (κ2) is 11.8. The van der Waals surface area contributed by atoms with E-state index < -0.39 is 17.8 Å². The van der Waals surface area contributed by atoms with Gasteiger partial charge in [0.1, 0.15) is 5.82 Å². The van der Waals surface area contributed by atoms with Crippen LogP contribution >= 0.6 is 0 Å². The van der Waals surface area contributed by atoms with Crippen molar-refractivity contribution in [1.82, 2.24) is 20.0 Å². The largest absolute Gasteiger partial charge is 0.463 e. The van der Waals surface area contributed by atoms with Crippen molar-refractivity contribution >= 4 is 17.9 Å². The zero-order chi connectivity index (χ0) is 27.4. The Morgan fingerprint density at radius 1 is 1.05 bits per heavy atom. The van der Waals surface area contributed by atoms with E-state index >= 15 is 0 Å². The van der Waals surface area contributed by atoms with Gasteiger partial charge in [0.05, 0.1) is 23.8 Å². The molecule has 0 aliphatic carbocycles. The van der Waals surface area contributed by atoms with Gasteiger partial charge in [-0.3, -0.25) is 14.6 Å². The molecule has 9 heteroatoms. The highest BCUT2D eigenvalue weighted by Crippen LogP contribution is 2.32. The second-order valence-electron chi connectivity index (χ2n) is 9.89. The van der Waals surface area contributed by atoms with Crippen molar-refractivity contribution in [3.05, 3.63) is 82.3 Å². The van der Waals surface area contributed by atoms with Gasteiger partial charge in [-0.1, -0.05) is 50.2 Å². The quantitative estimate of drug-likeness (QED) is 0.558. The Kier molecular flexibility index (Phi) is 8.46. The first-order valence-electron chi connectivity index (χ1n) is 13.0. The minimum absolute atomic E-state index is 0.0586. The predicted molar refractivity (Wildman–Crippen MR) is 142 cm³/mol. The van der Waals surface area contributed by atoms with Gasteiger partial charge < -0.3 is 15.0 Å². The lowest BCUT2D eigenvalue weighted by Crippen LogP contribution is -2.53. The first kappa shape index (κ1) is 27.3. The smallest absolute Gasteiger partial charge is 0.338 e. The lowest BCUT2D eigenvalue weighted by molar-refractivity contribution is -0.139. The lowest BCUT2D eigenvalue weighted by atomic mass is 9.92. The van der Waals surface area contributed by atoms with Gasteiger partial charge in [-0.2, -0.15) is 0 Å². The number of piperazine rings is 1. The Hall–Kier alpha value is -3.72. The summed E-state index contributed by atoms with van der Waals surface area (Å²) in [6.07, 6.45) is 0. The number of rotatable bonds is 7. The first-order chi connectivity index (χ1) is 18.2. The number of nitrogens with zero attached hydrogens (tertiary/aromatic N) is 3. The normalized spacial score (nSPS) is 18.6. The third-order valence-electron chi connectivity index (χ3n) is 7.15. The van der Waals surface area contributed by atoms with E-state index in [0.717, 1.165) is 11.1 Å². The Labute approximate surface area is 223 Å². The van der Waals surface area contributed by atoms with Gasteiger partial charge in [-0.15, -0.1) is 0 Å². The predicted octanol–water partition coefficient (Wildman–Crippen LogP) is 3.92. The Morgan fingerprint density at radius 3 is 2.32 bits per heavy atom. The van der Waals surface area contributed by atoms with Crippen LogP contribution in [0.4, 0.5) is 9.18 Å². The molecule has 1 saturated heterocycles. The molecule has 1 N–H and O–H groups in total. The number of ether oxygens (including phenoxy) is 1. The Balaban J connectivity index is 1.57. The van der Waals surface area contributed by atoms with Crippen molar-refractivity contribution in [2.75, 3.05) is 46.4 Å². The van der Waals surface area contributed by atoms with Crippen LogP contribution in [-0.2, 0) is 9.53 Å². The highest BCUT2D eigenvalue weighted by molar-refractivity contribution is 5.95. The number of halogens is 1. The van der Waals surface area contributed by atoms with Crippen LogP contribution in [0.5, 0.6) is 0 Å². The van der Waals surface area contributed by atoms with E-state index in [1.54, 1.807) is 31.0 Å².